The van der Waals surface area contributed by atoms with E-state index in [0.717, 1.165) is 25.1 Å². The summed E-state index contributed by atoms with van der Waals surface area (Å²) in [7, 11) is 0. The summed E-state index contributed by atoms with van der Waals surface area (Å²) in [5.41, 5.74) is 1.12. The Hall–Kier alpha value is -1.13. The van der Waals surface area contributed by atoms with Gasteiger partial charge in [-0.3, -0.25) is 4.68 Å². The summed E-state index contributed by atoms with van der Waals surface area (Å²) in [6, 6.07) is 7.49. The third-order valence-corrected chi connectivity index (χ3v) is 4.66. The van der Waals surface area contributed by atoms with E-state index in [1.54, 1.807) is 0 Å². The maximum Gasteiger partial charge on any atom is 0.0762 e. The Balaban J connectivity index is 1.81. The van der Waals surface area contributed by atoms with Crippen LogP contribution in [0.5, 0.6) is 0 Å². The van der Waals surface area contributed by atoms with Crippen LogP contribution < -0.4 is 5.32 Å². The minimum absolute atomic E-state index is 0.474. The zero-order valence-corrected chi connectivity index (χ0v) is 13.7. The van der Waals surface area contributed by atoms with Crippen LogP contribution in [0.1, 0.15) is 48.7 Å². The predicted molar refractivity (Wildman–Crippen MR) is 86.3 cm³/mol. The Bertz CT molecular complexity index is 529. The molecule has 1 N–H and O–H groups in total. The number of hydrogen-bond donors (Lipinski definition) is 1. The van der Waals surface area contributed by atoms with Crippen molar-refractivity contribution < 1.29 is 0 Å². The Kier molecular flexibility index (Phi) is 5.38. The van der Waals surface area contributed by atoms with Crippen LogP contribution in [-0.4, -0.2) is 15.8 Å². The van der Waals surface area contributed by atoms with E-state index in [2.05, 4.69) is 67.2 Å². The minimum atomic E-state index is 0.474. The molecule has 2 rings (SSSR count). The molecule has 3 nitrogen and oxygen atoms in total. The van der Waals surface area contributed by atoms with Gasteiger partial charge in [0, 0.05) is 34.6 Å². The molecule has 0 saturated carbocycles. The van der Waals surface area contributed by atoms with Gasteiger partial charge in [-0.15, -0.1) is 11.3 Å². The molecule has 110 valence electrons. The summed E-state index contributed by atoms with van der Waals surface area (Å²) in [4.78, 5) is 2.84. The molecule has 20 heavy (non-hydrogen) atoms. The monoisotopic (exact) mass is 291 g/mol. The van der Waals surface area contributed by atoms with Gasteiger partial charge in [0.15, 0.2) is 0 Å². The number of rotatable bonds is 7. The topological polar surface area (TPSA) is 29.9 Å². The molecule has 0 spiro atoms. The first-order chi connectivity index (χ1) is 9.58. The third-order valence-electron chi connectivity index (χ3n) is 3.64. The molecule has 2 atom stereocenters. The van der Waals surface area contributed by atoms with E-state index in [9.17, 15) is 0 Å². The summed E-state index contributed by atoms with van der Waals surface area (Å²) in [5, 5.41) is 8.18. The fraction of sp³-hybridized carbons (Fsp3) is 0.562. The quantitative estimate of drug-likeness (QED) is 0.837. The SMILES string of the molecule is CCC(C)n1ccc(CNC(C)Cc2ccc(C)s2)n1. The molecule has 4 heteroatoms. The number of hydrogen-bond acceptors (Lipinski definition) is 3. The van der Waals surface area contributed by atoms with Gasteiger partial charge in [0.05, 0.1) is 5.69 Å². The summed E-state index contributed by atoms with van der Waals surface area (Å²) >= 11 is 1.89. The number of nitrogens with zero attached hydrogens (tertiary/aromatic N) is 2. The number of aromatic nitrogens is 2. The van der Waals surface area contributed by atoms with Crippen LogP contribution >= 0.6 is 11.3 Å². The Morgan fingerprint density at radius 1 is 1.30 bits per heavy atom. The zero-order valence-electron chi connectivity index (χ0n) is 12.9. The van der Waals surface area contributed by atoms with Gasteiger partial charge in [0.1, 0.15) is 0 Å². The second-order valence-electron chi connectivity index (χ2n) is 5.54. The molecular formula is C16H25N3S. The van der Waals surface area contributed by atoms with Gasteiger partial charge >= 0.3 is 0 Å². The fourth-order valence-electron chi connectivity index (χ4n) is 2.15. The average molecular weight is 291 g/mol. The first-order valence-electron chi connectivity index (χ1n) is 7.41. The highest BCUT2D eigenvalue weighted by Gasteiger charge is 2.08. The molecule has 0 bridgehead atoms. The Morgan fingerprint density at radius 2 is 2.10 bits per heavy atom. The van der Waals surface area contributed by atoms with E-state index in [1.807, 2.05) is 11.3 Å². The van der Waals surface area contributed by atoms with Crippen LogP contribution in [0.15, 0.2) is 24.4 Å². The maximum absolute atomic E-state index is 4.62. The van der Waals surface area contributed by atoms with E-state index >= 15 is 0 Å². The molecule has 2 aromatic rings. The minimum Gasteiger partial charge on any atom is -0.308 e. The van der Waals surface area contributed by atoms with Gasteiger partial charge in [-0.2, -0.15) is 5.10 Å². The van der Waals surface area contributed by atoms with Crippen molar-refractivity contribution in [1.29, 1.82) is 0 Å². The van der Waals surface area contributed by atoms with Crippen LogP contribution in [0.25, 0.3) is 0 Å². The van der Waals surface area contributed by atoms with E-state index in [1.165, 1.54) is 9.75 Å². The number of aryl methyl sites for hydroxylation is 1. The molecule has 0 aliphatic rings. The number of nitrogens with one attached hydrogen (secondary N) is 1. The highest BCUT2D eigenvalue weighted by molar-refractivity contribution is 7.11. The van der Waals surface area contributed by atoms with Crippen LogP contribution in [-0.2, 0) is 13.0 Å². The van der Waals surface area contributed by atoms with E-state index < -0.39 is 0 Å². The molecule has 0 saturated heterocycles. The van der Waals surface area contributed by atoms with E-state index in [4.69, 9.17) is 0 Å². The van der Waals surface area contributed by atoms with E-state index in [0.29, 0.717) is 12.1 Å². The summed E-state index contributed by atoms with van der Waals surface area (Å²) in [6.07, 6.45) is 4.28. The molecule has 2 heterocycles. The fourth-order valence-corrected chi connectivity index (χ4v) is 3.17. The van der Waals surface area contributed by atoms with Crippen molar-refractivity contribution in [2.75, 3.05) is 0 Å². The third kappa shape index (κ3) is 4.18. The second kappa shape index (κ2) is 7.04. The molecule has 0 aliphatic heterocycles. The molecule has 0 amide bonds. The van der Waals surface area contributed by atoms with Gasteiger partial charge in [-0.1, -0.05) is 6.92 Å². The lowest BCUT2D eigenvalue weighted by Gasteiger charge is -2.12. The summed E-state index contributed by atoms with van der Waals surface area (Å²) in [5.74, 6) is 0. The standard InChI is InChI=1S/C16H25N3S/c1-5-13(3)19-9-8-15(18-19)11-17-12(2)10-16-7-6-14(4)20-16/h6-9,12-13,17H,5,10-11H2,1-4H3. The van der Waals surface area contributed by atoms with Crippen LogP contribution in [0, 0.1) is 6.92 Å². The lowest BCUT2D eigenvalue weighted by Crippen LogP contribution is -2.27. The molecule has 0 aromatic carbocycles. The number of thiophene rings is 1. The van der Waals surface area contributed by atoms with Crippen molar-refractivity contribution in [3.05, 3.63) is 39.8 Å². The van der Waals surface area contributed by atoms with Gasteiger partial charge in [-0.25, -0.2) is 0 Å². The lowest BCUT2D eigenvalue weighted by molar-refractivity contribution is 0.467. The maximum atomic E-state index is 4.62. The highest BCUT2D eigenvalue weighted by atomic mass is 32.1. The molecule has 2 aromatic heterocycles. The zero-order chi connectivity index (χ0) is 14.5. The van der Waals surface area contributed by atoms with E-state index in [-0.39, 0.29) is 0 Å². The predicted octanol–water partition coefficient (Wildman–Crippen LogP) is 3.94. The molecular weight excluding hydrogens is 266 g/mol. The van der Waals surface area contributed by atoms with Crippen molar-refractivity contribution in [2.24, 2.45) is 0 Å². The van der Waals surface area contributed by atoms with Crippen LogP contribution in [0.3, 0.4) is 0 Å². The van der Waals surface area contributed by atoms with Crippen LogP contribution in [0.2, 0.25) is 0 Å². The Morgan fingerprint density at radius 3 is 2.75 bits per heavy atom. The molecule has 0 fully saturated rings. The molecule has 0 aliphatic carbocycles. The Labute approximate surface area is 126 Å². The van der Waals surface area contributed by atoms with Crippen LogP contribution in [0.4, 0.5) is 0 Å². The normalized spacial score (nSPS) is 14.4. The van der Waals surface area contributed by atoms with Crippen molar-refractivity contribution in [2.45, 2.75) is 59.2 Å². The first-order valence-corrected chi connectivity index (χ1v) is 8.23. The highest BCUT2D eigenvalue weighted by Crippen LogP contribution is 2.16. The van der Waals surface area contributed by atoms with Crippen molar-refractivity contribution >= 4 is 11.3 Å². The van der Waals surface area contributed by atoms with Gasteiger partial charge in [0.2, 0.25) is 0 Å². The molecule has 2 unspecified atom stereocenters. The van der Waals surface area contributed by atoms with Crippen molar-refractivity contribution in [1.82, 2.24) is 15.1 Å². The summed E-state index contributed by atoms with van der Waals surface area (Å²) in [6.45, 7) is 9.63. The summed E-state index contributed by atoms with van der Waals surface area (Å²) < 4.78 is 2.06. The van der Waals surface area contributed by atoms with Gasteiger partial charge < -0.3 is 5.32 Å². The average Bonchev–Trinajstić information content (AvgIpc) is 3.05. The van der Waals surface area contributed by atoms with Gasteiger partial charge in [0.25, 0.3) is 0 Å². The van der Waals surface area contributed by atoms with Crippen molar-refractivity contribution in [3.8, 4) is 0 Å². The lowest BCUT2D eigenvalue weighted by atomic mass is 10.2. The van der Waals surface area contributed by atoms with Crippen molar-refractivity contribution in [3.63, 3.8) is 0 Å². The first kappa shape index (κ1) is 15.3. The largest absolute Gasteiger partial charge is 0.308 e. The molecule has 0 radical (unpaired) electrons. The smallest absolute Gasteiger partial charge is 0.0762 e. The van der Waals surface area contributed by atoms with Gasteiger partial charge in [-0.05, 0) is 51.8 Å². The second-order valence-corrected chi connectivity index (χ2v) is 6.92.